The summed E-state index contributed by atoms with van der Waals surface area (Å²) in [5.74, 6) is -0.703. The summed E-state index contributed by atoms with van der Waals surface area (Å²) in [6.07, 6.45) is 0.606. The SMILES string of the molecule is O=S(=O)(Cc1ccc(F)cc1)N1CCN(CCc2ccccc2F)CC1. The zero-order valence-electron chi connectivity index (χ0n) is 14.4. The monoisotopic (exact) mass is 380 g/mol. The molecule has 0 atom stereocenters. The van der Waals surface area contributed by atoms with Crippen molar-refractivity contribution in [1.29, 1.82) is 0 Å². The minimum Gasteiger partial charge on any atom is -0.300 e. The maximum Gasteiger partial charge on any atom is 0.218 e. The highest BCUT2D eigenvalue weighted by molar-refractivity contribution is 7.88. The van der Waals surface area contributed by atoms with Crippen molar-refractivity contribution in [3.8, 4) is 0 Å². The average Bonchev–Trinajstić information content (AvgIpc) is 2.63. The molecule has 7 heteroatoms. The van der Waals surface area contributed by atoms with Crippen molar-refractivity contribution < 1.29 is 17.2 Å². The van der Waals surface area contributed by atoms with Crippen molar-refractivity contribution >= 4 is 10.0 Å². The quantitative estimate of drug-likeness (QED) is 0.774. The zero-order chi connectivity index (χ0) is 18.6. The number of benzene rings is 2. The van der Waals surface area contributed by atoms with Crippen LogP contribution in [0.4, 0.5) is 8.78 Å². The zero-order valence-corrected chi connectivity index (χ0v) is 15.3. The van der Waals surface area contributed by atoms with Gasteiger partial charge in [-0.05, 0) is 35.7 Å². The van der Waals surface area contributed by atoms with Crippen LogP contribution in [0.5, 0.6) is 0 Å². The van der Waals surface area contributed by atoms with Gasteiger partial charge in [-0.25, -0.2) is 17.2 Å². The van der Waals surface area contributed by atoms with Crippen molar-refractivity contribution in [2.75, 3.05) is 32.7 Å². The number of hydrogen-bond acceptors (Lipinski definition) is 3. The molecule has 0 spiro atoms. The van der Waals surface area contributed by atoms with Gasteiger partial charge in [0, 0.05) is 32.7 Å². The van der Waals surface area contributed by atoms with Gasteiger partial charge in [-0.15, -0.1) is 0 Å². The Labute approximate surface area is 153 Å². The highest BCUT2D eigenvalue weighted by Gasteiger charge is 2.27. The van der Waals surface area contributed by atoms with Gasteiger partial charge in [-0.2, -0.15) is 4.31 Å². The van der Waals surface area contributed by atoms with Crippen LogP contribution in [0.3, 0.4) is 0 Å². The summed E-state index contributed by atoms with van der Waals surface area (Å²) in [5, 5.41) is 0. The van der Waals surface area contributed by atoms with Crippen LogP contribution < -0.4 is 0 Å². The van der Waals surface area contributed by atoms with E-state index < -0.39 is 10.0 Å². The second-order valence-corrected chi connectivity index (χ2v) is 8.43. The van der Waals surface area contributed by atoms with Crippen LogP contribution in [0.15, 0.2) is 48.5 Å². The van der Waals surface area contributed by atoms with E-state index in [2.05, 4.69) is 4.90 Å². The van der Waals surface area contributed by atoms with E-state index in [4.69, 9.17) is 0 Å². The first-order valence-corrected chi connectivity index (χ1v) is 10.2. The number of rotatable bonds is 6. The molecule has 140 valence electrons. The Morgan fingerprint density at radius 1 is 0.885 bits per heavy atom. The number of piperazine rings is 1. The normalized spacial score (nSPS) is 16.7. The van der Waals surface area contributed by atoms with Gasteiger partial charge in [0.2, 0.25) is 10.0 Å². The van der Waals surface area contributed by atoms with E-state index in [1.54, 1.807) is 12.1 Å². The molecule has 0 bridgehead atoms. The molecule has 4 nitrogen and oxygen atoms in total. The number of nitrogens with zero attached hydrogens (tertiary/aromatic N) is 2. The molecular weight excluding hydrogens is 358 g/mol. The molecule has 1 aliphatic rings. The van der Waals surface area contributed by atoms with E-state index >= 15 is 0 Å². The van der Waals surface area contributed by atoms with Crippen molar-refractivity contribution in [1.82, 2.24) is 9.21 Å². The Morgan fingerprint density at radius 2 is 1.54 bits per heavy atom. The van der Waals surface area contributed by atoms with Crippen LogP contribution in [0.1, 0.15) is 11.1 Å². The van der Waals surface area contributed by atoms with Gasteiger partial charge in [0.1, 0.15) is 11.6 Å². The largest absolute Gasteiger partial charge is 0.300 e. The minimum atomic E-state index is -3.42. The summed E-state index contributed by atoms with van der Waals surface area (Å²) in [6.45, 7) is 2.78. The lowest BCUT2D eigenvalue weighted by Crippen LogP contribution is -2.49. The molecule has 0 N–H and O–H groups in total. The first-order chi connectivity index (χ1) is 12.4. The van der Waals surface area contributed by atoms with Crippen LogP contribution in [-0.2, 0) is 22.2 Å². The van der Waals surface area contributed by atoms with Gasteiger partial charge in [0.25, 0.3) is 0 Å². The molecule has 0 aliphatic carbocycles. The third-order valence-corrected chi connectivity index (χ3v) is 6.49. The van der Waals surface area contributed by atoms with Gasteiger partial charge in [-0.1, -0.05) is 30.3 Å². The van der Waals surface area contributed by atoms with E-state index in [1.807, 2.05) is 6.07 Å². The topological polar surface area (TPSA) is 40.6 Å². The fourth-order valence-electron chi connectivity index (χ4n) is 3.09. The Kier molecular flexibility index (Phi) is 6.01. The Balaban J connectivity index is 1.51. The molecule has 3 rings (SSSR count). The molecule has 0 unspecified atom stereocenters. The first kappa shape index (κ1) is 18.9. The van der Waals surface area contributed by atoms with E-state index in [1.165, 1.54) is 34.6 Å². The highest BCUT2D eigenvalue weighted by atomic mass is 32.2. The maximum absolute atomic E-state index is 13.7. The summed E-state index contributed by atoms with van der Waals surface area (Å²) in [4.78, 5) is 2.15. The van der Waals surface area contributed by atoms with Gasteiger partial charge in [0.05, 0.1) is 5.75 Å². The minimum absolute atomic E-state index is 0.123. The summed E-state index contributed by atoms with van der Waals surface area (Å²) < 4.78 is 53.2. The molecule has 1 aliphatic heterocycles. The molecule has 1 heterocycles. The number of halogens is 2. The Bertz CT molecular complexity index is 833. The molecule has 1 saturated heterocycles. The maximum atomic E-state index is 13.7. The second-order valence-electron chi connectivity index (χ2n) is 6.46. The van der Waals surface area contributed by atoms with Crippen molar-refractivity contribution in [3.05, 3.63) is 71.3 Å². The standard InChI is InChI=1S/C19H22F2N2O2S/c20-18-7-5-16(6-8-18)15-26(24,25)23-13-11-22(12-14-23)10-9-17-3-1-2-4-19(17)21/h1-8H,9-15H2. The second kappa shape index (κ2) is 8.24. The summed E-state index contributed by atoms with van der Waals surface area (Å²) in [6, 6.07) is 12.3. The molecule has 0 radical (unpaired) electrons. The molecule has 2 aromatic carbocycles. The van der Waals surface area contributed by atoms with Gasteiger partial charge in [0.15, 0.2) is 0 Å². The lowest BCUT2D eigenvalue weighted by Gasteiger charge is -2.34. The van der Waals surface area contributed by atoms with Crippen LogP contribution in [0.25, 0.3) is 0 Å². The predicted octanol–water partition coefficient (Wildman–Crippen LogP) is 2.65. The lowest BCUT2D eigenvalue weighted by molar-refractivity contribution is 0.189. The smallest absolute Gasteiger partial charge is 0.218 e. The van der Waals surface area contributed by atoms with Crippen LogP contribution in [-0.4, -0.2) is 50.3 Å². The van der Waals surface area contributed by atoms with E-state index in [-0.39, 0.29) is 17.4 Å². The van der Waals surface area contributed by atoms with Gasteiger partial charge in [-0.3, -0.25) is 0 Å². The molecule has 0 amide bonds. The Hall–Kier alpha value is -1.83. The fourth-order valence-corrected chi connectivity index (χ4v) is 4.61. The van der Waals surface area contributed by atoms with Crippen LogP contribution in [0.2, 0.25) is 0 Å². The lowest BCUT2D eigenvalue weighted by atomic mass is 10.1. The molecular formula is C19H22F2N2O2S. The van der Waals surface area contributed by atoms with E-state index in [0.717, 1.165) is 0 Å². The number of sulfonamides is 1. The summed E-state index contributed by atoms with van der Waals surface area (Å²) in [5.41, 5.74) is 1.26. The molecule has 2 aromatic rings. The predicted molar refractivity (Wildman–Crippen MR) is 97.1 cm³/mol. The third kappa shape index (κ3) is 4.87. The molecule has 26 heavy (non-hydrogen) atoms. The summed E-state index contributed by atoms with van der Waals surface area (Å²) in [7, 11) is -3.42. The van der Waals surface area contributed by atoms with Crippen LogP contribution in [0, 0.1) is 11.6 Å². The van der Waals surface area contributed by atoms with Gasteiger partial charge >= 0.3 is 0 Å². The van der Waals surface area contributed by atoms with Gasteiger partial charge < -0.3 is 4.90 Å². The van der Waals surface area contributed by atoms with Crippen LogP contribution >= 0.6 is 0 Å². The molecule has 0 aromatic heterocycles. The van der Waals surface area contributed by atoms with Crippen molar-refractivity contribution in [2.45, 2.75) is 12.2 Å². The third-order valence-electron chi connectivity index (χ3n) is 4.64. The number of hydrogen-bond donors (Lipinski definition) is 0. The molecule has 0 saturated carbocycles. The van der Waals surface area contributed by atoms with E-state index in [0.29, 0.717) is 50.3 Å². The summed E-state index contributed by atoms with van der Waals surface area (Å²) >= 11 is 0. The fraction of sp³-hybridized carbons (Fsp3) is 0.368. The van der Waals surface area contributed by atoms with Crippen molar-refractivity contribution in [2.24, 2.45) is 0 Å². The first-order valence-electron chi connectivity index (χ1n) is 8.62. The van der Waals surface area contributed by atoms with Crippen molar-refractivity contribution in [3.63, 3.8) is 0 Å². The molecule has 1 fully saturated rings. The average molecular weight is 380 g/mol. The Morgan fingerprint density at radius 3 is 2.19 bits per heavy atom. The highest BCUT2D eigenvalue weighted by Crippen LogP contribution is 2.15. The van der Waals surface area contributed by atoms with E-state index in [9.17, 15) is 17.2 Å².